The second-order valence-corrected chi connectivity index (χ2v) is 6.22. The van der Waals surface area contributed by atoms with Crippen molar-refractivity contribution in [2.24, 2.45) is 0 Å². The van der Waals surface area contributed by atoms with Crippen LogP contribution < -0.4 is 0 Å². The van der Waals surface area contributed by atoms with Crippen molar-refractivity contribution in [3.05, 3.63) is 54.2 Å². The molecule has 1 heterocycles. The molecule has 0 aliphatic heterocycles. The summed E-state index contributed by atoms with van der Waals surface area (Å²) in [6.07, 6.45) is 1.50. The molecule has 0 saturated heterocycles. The van der Waals surface area contributed by atoms with Gasteiger partial charge in [0.25, 0.3) is 0 Å². The molecule has 0 unspecified atom stereocenters. The fourth-order valence-corrected chi connectivity index (χ4v) is 3.20. The summed E-state index contributed by atoms with van der Waals surface area (Å²) in [5.41, 5.74) is 0. The fourth-order valence-electron chi connectivity index (χ4n) is 1.79. The van der Waals surface area contributed by atoms with Gasteiger partial charge in [0.05, 0.1) is 23.8 Å². The molecule has 7 heteroatoms. The van der Waals surface area contributed by atoms with Crippen molar-refractivity contribution in [1.82, 2.24) is 4.31 Å². The highest BCUT2D eigenvalue weighted by atomic mass is 32.2. The molecule has 0 fully saturated rings. The van der Waals surface area contributed by atoms with Crippen molar-refractivity contribution in [3.8, 4) is 6.07 Å². The maximum absolute atomic E-state index is 12.9. The number of rotatable bonds is 6. The molecule has 0 spiro atoms. The van der Waals surface area contributed by atoms with Crippen LogP contribution in [0.2, 0.25) is 0 Å². The molecular weight excluding hydrogens is 295 g/mol. The van der Waals surface area contributed by atoms with Gasteiger partial charge in [-0.15, -0.1) is 0 Å². The summed E-state index contributed by atoms with van der Waals surface area (Å²) in [5.74, 6) is -0.0396. The van der Waals surface area contributed by atoms with Crippen LogP contribution in [0, 0.1) is 17.1 Å². The molecule has 0 bridgehead atoms. The first-order chi connectivity index (χ1) is 10.0. The summed E-state index contributed by atoms with van der Waals surface area (Å²) >= 11 is 0. The van der Waals surface area contributed by atoms with E-state index in [9.17, 15) is 12.8 Å². The Bertz CT molecular complexity index is 719. The van der Waals surface area contributed by atoms with Crippen molar-refractivity contribution >= 4 is 10.0 Å². The minimum atomic E-state index is -3.81. The predicted octanol–water partition coefficient (Wildman–Crippen LogP) is 2.52. The first-order valence-corrected chi connectivity index (χ1v) is 7.63. The first kappa shape index (κ1) is 15.2. The smallest absolute Gasteiger partial charge is 0.243 e. The Labute approximate surface area is 122 Å². The van der Waals surface area contributed by atoms with Gasteiger partial charge in [0, 0.05) is 13.0 Å². The number of nitrogens with zero attached hydrogens (tertiary/aromatic N) is 2. The summed E-state index contributed by atoms with van der Waals surface area (Å²) in [5, 5.41) is 8.67. The van der Waals surface area contributed by atoms with Crippen molar-refractivity contribution in [2.75, 3.05) is 6.54 Å². The second kappa shape index (κ2) is 6.52. The predicted molar refractivity (Wildman–Crippen MR) is 72.9 cm³/mol. The minimum Gasteiger partial charge on any atom is -0.468 e. The zero-order valence-electron chi connectivity index (χ0n) is 11.1. The number of hydrogen-bond acceptors (Lipinski definition) is 4. The molecule has 21 heavy (non-hydrogen) atoms. The molecule has 0 aliphatic rings. The lowest BCUT2D eigenvalue weighted by Gasteiger charge is -2.20. The average molecular weight is 308 g/mol. The summed E-state index contributed by atoms with van der Waals surface area (Å²) in [6.45, 7) is 0.0608. The monoisotopic (exact) mass is 308 g/mol. The molecule has 2 rings (SSSR count). The van der Waals surface area contributed by atoms with Gasteiger partial charge in [-0.2, -0.15) is 9.57 Å². The van der Waals surface area contributed by atoms with Gasteiger partial charge < -0.3 is 4.42 Å². The maximum atomic E-state index is 12.9. The summed E-state index contributed by atoms with van der Waals surface area (Å²) in [7, 11) is -3.81. The molecule has 0 saturated carbocycles. The van der Waals surface area contributed by atoms with Crippen molar-refractivity contribution in [2.45, 2.75) is 17.9 Å². The third kappa shape index (κ3) is 3.68. The van der Waals surface area contributed by atoms with E-state index < -0.39 is 15.8 Å². The van der Waals surface area contributed by atoms with Gasteiger partial charge in [0.1, 0.15) is 11.6 Å². The highest BCUT2D eigenvalue weighted by Gasteiger charge is 2.25. The molecule has 0 atom stereocenters. The minimum absolute atomic E-state index is 0.0200. The molecule has 0 amide bonds. The number of hydrogen-bond donors (Lipinski definition) is 0. The van der Waals surface area contributed by atoms with E-state index >= 15 is 0 Å². The number of furan rings is 1. The van der Waals surface area contributed by atoms with Crippen LogP contribution in [0.5, 0.6) is 0 Å². The Hall–Kier alpha value is -2.17. The van der Waals surface area contributed by atoms with E-state index in [4.69, 9.17) is 9.68 Å². The van der Waals surface area contributed by atoms with E-state index in [0.29, 0.717) is 5.76 Å². The zero-order valence-corrected chi connectivity index (χ0v) is 11.9. The Morgan fingerprint density at radius 2 is 1.95 bits per heavy atom. The van der Waals surface area contributed by atoms with Crippen LogP contribution in [0.15, 0.2) is 52.0 Å². The van der Waals surface area contributed by atoms with E-state index in [1.807, 2.05) is 6.07 Å². The SMILES string of the molecule is N#CCCN(Cc1ccco1)S(=O)(=O)c1ccc(F)cc1. The standard InChI is InChI=1S/C14H13FN2O3S/c15-12-4-6-14(7-5-12)21(18,19)17(9-2-8-16)11-13-3-1-10-20-13/h1,3-7,10H,2,9,11H2. The van der Waals surface area contributed by atoms with Crippen molar-refractivity contribution in [3.63, 3.8) is 0 Å². The van der Waals surface area contributed by atoms with Crippen LogP contribution in [-0.2, 0) is 16.6 Å². The van der Waals surface area contributed by atoms with E-state index in [2.05, 4.69) is 0 Å². The summed E-state index contributed by atoms with van der Waals surface area (Å²) in [6, 6.07) is 9.79. The third-order valence-electron chi connectivity index (χ3n) is 2.84. The highest BCUT2D eigenvalue weighted by molar-refractivity contribution is 7.89. The van der Waals surface area contributed by atoms with Crippen molar-refractivity contribution in [1.29, 1.82) is 5.26 Å². The van der Waals surface area contributed by atoms with Gasteiger partial charge in [0.15, 0.2) is 0 Å². The number of halogens is 1. The number of sulfonamides is 1. The molecule has 5 nitrogen and oxygen atoms in total. The maximum Gasteiger partial charge on any atom is 0.243 e. The van der Waals surface area contributed by atoms with Crippen LogP contribution >= 0.6 is 0 Å². The molecule has 0 aliphatic carbocycles. The Morgan fingerprint density at radius 1 is 1.24 bits per heavy atom. The highest BCUT2D eigenvalue weighted by Crippen LogP contribution is 2.19. The van der Waals surface area contributed by atoms with E-state index in [-0.39, 0.29) is 24.4 Å². The normalized spacial score (nSPS) is 11.5. The topological polar surface area (TPSA) is 74.3 Å². The Kier molecular flexibility index (Phi) is 4.73. The van der Waals surface area contributed by atoms with Crippen LogP contribution in [0.3, 0.4) is 0 Å². The van der Waals surface area contributed by atoms with Gasteiger partial charge in [0.2, 0.25) is 10.0 Å². The van der Waals surface area contributed by atoms with Gasteiger partial charge in [-0.3, -0.25) is 0 Å². The van der Waals surface area contributed by atoms with Crippen LogP contribution in [-0.4, -0.2) is 19.3 Å². The summed E-state index contributed by atoms with van der Waals surface area (Å²) < 4.78 is 44.3. The zero-order chi connectivity index (χ0) is 15.3. The van der Waals surface area contributed by atoms with E-state index in [1.165, 1.54) is 18.4 Å². The van der Waals surface area contributed by atoms with Gasteiger partial charge in [-0.05, 0) is 36.4 Å². The largest absolute Gasteiger partial charge is 0.468 e. The number of benzene rings is 1. The molecule has 1 aromatic carbocycles. The Balaban J connectivity index is 2.29. The lowest BCUT2D eigenvalue weighted by molar-refractivity contribution is 0.368. The fraction of sp³-hybridized carbons (Fsp3) is 0.214. The van der Waals surface area contributed by atoms with Gasteiger partial charge in [-0.1, -0.05) is 0 Å². The molecule has 1 aromatic heterocycles. The lowest BCUT2D eigenvalue weighted by atomic mass is 10.4. The van der Waals surface area contributed by atoms with E-state index in [0.717, 1.165) is 16.4 Å². The second-order valence-electron chi connectivity index (χ2n) is 4.28. The molecule has 2 aromatic rings. The van der Waals surface area contributed by atoms with Gasteiger partial charge >= 0.3 is 0 Å². The first-order valence-electron chi connectivity index (χ1n) is 6.19. The van der Waals surface area contributed by atoms with Crippen LogP contribution in [0.4, 0.5) is 4.39 Å². The quantitative estimate of drug-likeness (QED) is 0.822. The lowest BCUT2D eigenvalue weighted by Crippen LogP contribution is -2.31. The van der Waals surface area contributed by atoms with Crippen LogP contribution in [0.1, 0.15) is 12.2 Å². The average Bonchev–Trinajstić information content (AvgIpc) is 2.96. The molecule has 0 radical (unpaired) electrons. The molecule has 0 N–H and O–H groups in total. The van der Waals surface area contributed by atoms with Gasteiger partial charge in [-0.25, -0.2) is 12.8 Å². The van der Waals surface area contributed by atoms with Crippen molar-refractivity contribution < 1.29 is 17.2 Å². The number of nitriles is 1. The Morgan fingerprint density at radius 3 is 2.52 bits per heavy atom. The van der Waals surface area contributed by atoms with Crippen LogP contribution in [0.25, 0.3) is 0 Å². The third-order valence-corrected chi connectivity index (χ3v) is 4.70. The molecular formula is C14H13FN2O3S. The summed E-state index contributed by atoms with van der Waals surface area (Å²) in [4.78, 5) is -0.0200. The van der Waals surface area contributed by atoms with E-state index in [1.54, 1.807) is 12.1 Å². The molecule has 110 valence electrons.